The van der Waals surface area contributed by atoms with Gasteiger partial charge in [0.15, 0.2) is 5.69 Å². The molecule has 1 N–H and O–H groups in total. The molecule has 0 radical (unpaired) electrons. The Morgan fingerprint density at radius 2 is 1.72 bits per heavy atom. The van der Waals surface area contributed by atoms with Gasteiger partial charge in [0.05, 0.1) is 23.0 Å². The van der Waals surface area contributed by atoms with E-state index in [2.05, 4.69) is 5.43 Å². The monoisotopic (exact) mass is 492 g/mol. The average molecular weight is 494 g/mol. The maximum absolute atomic E-state index is 13.3. The molecule has 168 valence electrons. The molecule has 9 heteroatoms. The summed E-state index contributed by atoms with van der Waals surface area (Å²) in [6.07, 6.45) is 3.28. The van der Waals surface area contributed by atoms with E-state index < -0.39 is 0 Å². The van der Waals surface area contributed by atoms with Crippen LogP contribution in [0.1, 0.15) is 35.3 Å². The first-order chi connectivity index (χ1) is 15.5. The van der Waals surface area contributed by atoms with Crippen molar-refractivity contribution in [2.75, 3.05) is 20.2 Å². The number of methoxy groups -OCH3 is 1. The van der Waals surface area contributed by atoms with Gasteiger partial charge < -0.3 is 4.74 Å². The fourth-order valence-corrected chi connectivity index (χ4v) is 4.46. The molecule has 0 spiro atoms. The van der Waals surface area contributed by atoms with Gasteiger partial charge >= 0.3 is 0 Å². The van der Waals surface area contributed by atoms with Crippen LogP contribution in [0.25, 0.3) is 16.9 Å². The van der Waals surface area contributed by atoms with Crippen LogP contribution >= 0.6 is 34.8 Å². The SMILES string of the molecule is COCc1c(C(=O)NN2CCCCC2)nn(-c2ccc(Cl)cc2Cl)c1-c1ccc(Cl)cc1. The minimum atomic E-state index is -0.280. The Labute approximate surface area is 202 Å². The van der Waals surface area contributed by atoms with E-state index in [9.17, 15) is 4.79 Å². The fourth-order valence-electron chi connectivity index (χ4n) is 3.85. The Morgan fingerprint density at radius 3 is 2.38 bits per heavy atom. The molecule has 1 fully saturated rings. The zero-order chi connectivity index (χ0) is 22.7. The van der Waals surface area contributed by atoms with Crippen molar-refractivity contribution >= 4 is 40.7 Å². The molecular formula is C23H23Cl3N4O2. The summed E-state index contributed by atoms with van der Waals surface area (Å²) in [6, 6.07) is 12.5. The number of ether oxygens (including phenoxy) is 1. The number of piperidine rings is 1. The van der Waals surface area contributed by atoms with E-state index in [0.29, 0.717) is 32.0 Å². The number of aromatic nitrogens is 2. The van der Waals surface area contributed by atoms with Crippen molar-refractivity contribution < 1.29 is 9.53 Å². The number of carbonyl (C=O) groups is 1. The maximum atomic E-state index is 13.3. The second-order valence-electron chi connectivity index (χ2n) is 7.61. The molecular weight excluding hydrogens is 471 g/mol. The van der Waals surface area contributed by atoms with Gasteiger partial charge in [0, 0.05) is 41.4 Å². The summed E-state index contributed by atoms with van der Waals surface area (Å²) in [6.45, 7) is 1.84. The lowest BCUT2D eigenvalue weighted by Gasteiger charge is -2.26. The third-order valence-electron chi connectivity index (χ3n) is 5.36. The van der Waals surface area contributed by atoms with Gasteiger partial charge in [0.25, 0.3) is 5.91 Å². The Hall–Kier alpha value is -2.09. The predicted octanol–water partition coefficient (Wildman–Crippen LogP) is 5.78. The number of nitrogens with zero attached hydrogens (tertiary/aromatic N) is 3. The van der Waals surface area contributed by atoms with Crippen LogP contribution in [0.15, 0.2) is 42.5 Å². The number of amides is 1. The lowest BCUT2D eigenvalue weighted by atomic mass is 10.1. The zero-order valence-corrected chi connectivity index (χ0v) is 19.8. The standard InChI is InChI=1S/C23H23Cl3N4O2/c1-32-14-18-21(23(31)28-29-11-3-2-4-12-29)27-30(20-10-9-17(25)13-19(20)26)22(18)15-5-7-16(24)8-6-15/h5-10,13H,2-4,11-12,14H2,1H3,(H,28,31). The second kappa shape index (κ2) is 10.2. The minimum absolute atomic E-state index is 0.200. The lowest BCUT2D eigenvalue weighted by Crippen LogP contribution is -2.45. The van der Waals surface area contributed by atoms with E-state index in [-0.39, 0.29) is 18.2 Å². The van der Waals surface area contributed by atoms with Crippen LogP contribution in [0.2, 0.25) is 15.1 Å². The number of hydrogen-bond donors (Lipinski definition) is 1. The normalized spacial score (nSPS) is 14.5. The first-order valence-electron chi connectivity index (χ1n) is 10.4. The molecule has 2 aromatic carbocycles. The number of carbonyl (C=O) groups excluding carboxylic acids is 1. The molecule has 1 aliphatic rings. The highest BCUT2D eigenvalue weighted by molar-refractivity contribution is 6.35. The van der Waals surface area contributed by atoms with Crippen molar-refractivity contribution in [1.29, 1.82) is 0 Å². The van der Waals surface area contributed by atoms with Crippen LogP contribution in [-0.2, 0) is 11.3 Å². The Bertz CT molecular complexity index is 1110. The molecule has 1 saturated heterocycles. The molecule has 2 heterocycles. The lowest BCUT2D eigenvalue weighted by molar-refractivity contribution is 0.0740. The van der Waals surface area contributed by atoms with Gasteiger partial charge in [-0.25, -0.2) is 9.69 Å². The molecule has 1 amide bonds. The Morgan fingerprint density at radius 1 is 1.03 bits per heavy atom. The molecule has 0 aliphatic carbocycles. The van der Waals surface area contributed by atoms with E-state index in [1.807, 2.05) is 17.1 Å². The largest absolute Gasteiger partial charge is 0.380 e. The molecule has 1 aliphatic heterocycles. The molecule has 0 unspecified atom stereocenters. The molecule has 32 heavy (non-hydrogen) atoms. The highest BCUT2D eigenvalue weighted by Crippen LogP contribution is 2.34. The number of nitrogens with one attached hydrogen (secondary N) is 1. The van der Waals surface area contributed by atoms with E-state index in [0.717, 1.165) is 31.5 Å². The summed E-state index contributed by atoms with van der Waals surface area (Å²) < 4.78 is 7.13. The van der Waals surface area contributed by atoms with Gasteiger partial charge in [-0.3, -0.25) is 10.2 Å². The minimum Gasteiger partial charge on any atom is -0.380 e. The van der Waals surface area contributed by atoms with Crippen molar-refractivity contribution in [3.05, 3.63) is 68.8 Å². The summed E-state index contributed by atoms with van der Waals surface area (Å²) in [5.74, 6) is -0.280. The first-order valence-corrected chi connectivity index (χ1v) is 11.5. The maximum Gasteiger partial charge on any atom is 0.286 e. The van der Waals surface area contributed by atoms with Crippen molar-refractivity contribution in [3.63, 3.8) is 0 Å². The molecule has 0 saturated carbocycles. The molecule has 4 rings (SSSR count). The molecule has 6 nitrogen and oxygen atoms in total. The quantitative estimate of drug-likeness (QED) is 0.473. The van der Waals surface area contributed by atoms with Crippen LogP contribution in [0.5, 0.6) is 0 Å². The van der Waals surface area contributed by atoms with Crippen molar-refractivity contribution in [2.24, 2.45) is 0 Å². The second-order valence-corrected chi connectivity index (χ2v) is 8.89. The first kappa shape index (κ1) is 23.1. The summed E-state index contributed by atoms with van der Waals surface area (Å²) >= 11 is 18.7. The van der Waals surface area contributed by atoms with E-state index in [1.54, 1.807) is 42.1 Å². The molecule has 0 atom stereocenters. The summed E-state index contributed by atoms with van der Waals surface area (Å²) in [4.78, 5) is 13.3. The predicted molar refractivity (Wildman–Crippen MR) is 128 cm³/mol. The van der Waals surface area contributed by atoms with Crippen LogP contribution in [-0.4, -0.2) is 40.9 Å². The molecule has 3 aromatic rings. The third-order valence-corrected chi connectivity index (χ3v) is 6.15. The average Bonchev–Trinajstić information content (AvgIpc) is 3.14. The summed E-state index contributed by atoms with van der Waals surface area (Å²) in [5, 5.41) is 8.18. The third kappa shape index (κ3) is 4.95. The Balaban J connectivity index is 1.86. The number of hydrogen-bond acceptors (Lipinski definition) is 4. The van der Waals surface area contributed by atoms with Crippen LogP contribution in [0.3, 0.4) is 0 Å². The molecule has 0 bridgehead atoms. The van der Waals surface area contributed by atoms with Crippen molar-refractivity contribution in [3.8, 4) is 16.9 Å². The van der Waals surface area contributed by atoms with Crippen molar-refractivity contribution in [1.82, 2.24) is 20.2 Å². The van der Waals surface area contributed by atoms with E-state index in [4.69, 9.17) is 44.6 Å². The van der Waals surface area contributed by atoms with Crippen LogP contribution in [0.4, 0.5) is 0 Å². The zero-order valence-electron chi connectivity index (χ0n) is 17.6. The number of benzene rings is 2. The summed E-state index contributed by atoms with van der Waals surface area (Å²) in [5.41, 5.74) is 6.09. The fraction of sp³-hybridized carbons (Fsp3) is 0.304. The number of hydrazine groups is 1. The van der Waals surface area contributed by atoms with Gasteiger partial charge in [-0.15, -0.1) is 0 Å². The van der Waals surface area contributed by atoms with E-state index in [1.165, 1.54) is 6.42 Å². The van der Waals surface area contributed by atoms with Gasteiger partial charge in [-0.05, 0) is 43.2 Å². The van der Waals surface area contributed by atoms with Gasteiger partial charge in [-0.1, -0.05) is 53.4 Å². The Kier molecular flexibility index (Phi) is 7.38. The van der Waals surface area contributed by atoms with Gasteiger partial charge in [-0.2, -0.15) is 5.10 Å². The van der Waals surface area contributed by atoms with Crippen LogP contribution in [0, 0.1) is 0 Å². The highest BCUT2D eigenvalue weighted by Gasteiger charge is 2.27. The number of rotatable bonds is 6. The summed E-state index contributed by atoms with van der Waals surface area (Å²) in [7, 11) is 1.59. The van der Waals surface area contributed by atoms with Gasteiger partial charge in [0.1, 0.15) is 0 Å². The smallest absolute Gasteiger partial charge is 0.286 e. The van der Waals surface area contributed by atoms with Gasteiger partial charge in [0.2, 0.25) is 0 Å². The van der Waals surface area contributed by atoms with Crippen LogP contribution < -0.4 is 5.43 Å². The topological polar surface area (TPSA) is 59.4 Å². The number of halogens is 3. The van der Waals surface area contributed by atoms with E-state index >= 15 is 0 Å². The molecule has 1 aromatic heterocycles. The highest BCUT2D eigenvalue weighted by atomic mass is 35.5. The van der Waals surface area contributed by atoms with Crippen molar-refractivity contribution in [2.45, 2.75) is 25.9 Å².